The number of nitrogens with zero attached hydrogens (tertiary/aromatic N) is 3. The number of thiophene rings is 1. The molecule has 0 aliphatic rings. The maximum atomic E-state index is 14.0. The predicted octanol–water partition coefficient (Wildman–Crippen LogP) is 4.09. The zero-order valence-electron chi connectivity index (χ0n) is 16.6. The molecular weight excluding hydrogens is 455 g/mol. The summed E-state index contributed by atoms with van der Waals surface area (Å²) in [6.45, 7) is 0. The molecule has 0 saturated heterocycles. The molecule has 7 nitrogen and oxygen atoms in total. The molecule has 0 bridgehead atoms. The number of halogens is 3. The molecule has 0 atom stereocenters. The SMILES string of the molecule is NC(=O)c1sc2nc(N)c(=O)n(-c3ccc4ccn(-c5ccccc5)c4c3)c2c1C(F)(F)F. The van der Waals surface area contributed by atoms with E-state index in [9.17, 15) is 22.8 Å². The van der Waals surface area contributed by atoms with Gasteiger partial charge in [-0.15, -0.1) is 11.3 Å². The smallest absolute Gasteiger partial charge is 0.379 e. The lowest BCUT2D eigenvalue weighted by Gasteiger charge is -2.14. The van der Waals surface area contributed by atoms with Crippen LogP contribution in [0.3, 0.4) is 0 Å². The largest absolute Gasteiger partial charge is 0.420 e. The molecule has 3 heterocycles. The Bertz CT molecular complexity index is 1620. The number of benzene rings is 2. The van der Waals surface area contributed by atoms with Gasteiger partial charge in [-0.2, -0.15) is 13.2 Å². The number of alkyl halides is 3. The van der Waals surface area contributed by atoms with E-state index in [0.717, 1.165) is 15.6 Å². The summed E-state index contributed by atoms with van der Waals surface area (Å²) in [5.41, 5.74) is 9.78. The van der Waals surface area contributed by atoms with Gasteiger partial charge in [0.1, 0.15) is 15.3 Å². The molecule has 0 saturated carbocycles. The lowest BCUT2D eigenvalue weighted by molar-refractivity contribution is -0.136. The second-order valence-corrected chi connectivity index (χ2v) is 8.22. The topological polar surface area (TPSA) is 109 Å². The summed E-state index contributed by atoms with van der Waals surface area (Å²) in [5.74, 6) is -1.76. The molecule has 3 aromatic heterocycles. The highest BCUT2D eigenvalue weighted by molar-refractivity contribution is 7.20. The summed E-state index contributed by atoms with van der Waals surface area (Å²) in [4.78, 5) is 27.6. The third-order valence-electron chi connectivity index (χ3n) is 5.21. The number of carbonyl (C=O) groups excluding carboxylic acids is 1. The highest BCUT2D eigenvalue weighted by atomic mass is 32.1. The number of carbonyl (C=O) groups is 1. The normalized spacial score (nSPS) is 12.0. The van der Waals surface area contributed by atoms with Crippen LogP contribution in [0.15, 0.2) is 65.6 Å². The number of nitrogen functional groups attached to an aromatic ring is 1. The van der Waals surface area contributed by atoms with Gasteiger partial charge in [0.05, 0.1) is 16.7 Å². The number of aromatic nitrogens is 3. The minimum Gasteiger partial charge on any atom is -0.379 e. The zero-order chi connectivity index (χ0) is 23.5. The minimum atomic E-state index is -4.96. The Labute approximate surface area is 187 Å². The van der Waals surface area contributed by atoms with Gasteiger partial charge in [0.25, 0.3) is 11.5 Å². The van der Waals surface area contributed by atoms with Gasteiger partial charge in [0.2, 0.25) is 0 Å². The monoisotopic (exact) mass is 469 g/mol. The van der Waals surface area contributed by atoms with Crippen LogP contribution in [0.2, 0.25) is 0 Å². The number of nitrogens with two attached hydrogens (primary N) is 2. The predicted molar refractivity (Wildman–Crippen MR) is 120 cm³/mol. The summed E-state index contributed by atoms with van der Waals surface area (Å²) in [7, 11) is 0. The highest BCUT2D eigenvalue weighted by Crippen LogP contribution is 2.42. The third kappa shape index (κ3) is 3.24. The van der Waals surface area contributed by atoms with Crippen LogP contribution in [0.4, 0.5) is 19.0 Å². The average molecular weight is 469 g/mol. The number of primary amides is 1. The van der Waals surface area contributed by atoms with Crippen molar-refractivity contribution in [1.82, 2.24) is 14.1 Å². The molecule has 0 spiro atoms. The Balaban J connectivity index is 1.88. The Kier molecular flexibility index (Phi) is 4.53. The van der Waals surface area contributed by atoms with Crippen LogP contribution in [0.5, 0.6) is 0 Å². The molecule has 5 aromatic rings. The fourth-order valence-electron chi connectivity index (χ4n) is 3.82. The van der Waals surface area contributed by atoms with Crippen LogP contribution >= 0.6 is 11.3 Å². The highest BCUT2D eigenvalue weighted by Gasteiger charge is 2.41. The average Bonchev–Trinajstić information content (AvgIpc) is 3.36. The first-order valence-electron chi connectivity index (χ1n) is 9.55. The van der Waals surface area contributed by atoms with Crippen molar-refractivity contribution in [1.29, 1.82) is 0 Å². The van der Waals surface area contributed by atoms with E-state index in [4.69, 9.17) is 11.5 Å². The second kappa shape index (κ2) is 7.20. The fraction of sp³-hybridized carbons (Fsp3) is 0.0455. The van der Waals surface area contributed by atoms with Gasteiger partial charge >= 0.3 is 6.18 Å². The third-order valence-corrected chi connectivity index (χ3v) is 6.30. The molecule has 0 aliphatic carbocycles. The lowest BCUT2D eigenvalue weighted by atomic mass is 10.2. The standard InChI is InChI=1S/C22H14F3N5O2S/c23-22(24,25)15-16-20(33-17(15)19(27)31)28-18(26)21(32)30(16)13-7-6-11-8-9-29(14(11)10-13)12-4-2-1-3-5-12/h1-10H,(H2,26,28)(H2,27,31). The molecule has 33 heavy (non-hydrogen) atoms. The molecule has 4 N–H and O–H groups in total. The van der Waals surface area contributed by atoms with Crippen molar-refractivity contribution in [2.24, 2.45) is 5.73 Å². The molecule has 1 amide bonds. The number of fused-ring (bicyclic) bond motifs is 2. The van der Waals surface area contributed by atoms with E-state index in [1.54, 1.807) is 12.1 Å². The van der Waals surface area contributed by atoms with Crippen molar-refractivity contribution >= 4 is 44.3 Å². The number of anilines is 1. The first kappa shape index (κ1) is 20.8. The van der Waals surface area contributed by atoms with E-state index in [1.165, 1.54) is 6.07 Å². The number of hydrogen-bond acceptors (Lipinski definition) is 5. The van der Waals surface area contributed by atoms with Gasteiger partial charge in [-0.25, -0.2) is 4.98 Å². The quantitative estimate of drug-likeness (QED) is 0.415. The van der Waals surface area contributed by atoms with Crippen molar-refractivity contribution in [2.75, 3.05) is 5.73 Å². The van der Waals surface area contributed by atoms with Crippen LogP contribution in [0.25, 0.3) is 32.6 Å². The minimum absolute atomic E-state index is 0.141. The van der Waals surface area contributed by atoms with E-state index >= 15 is 0 Å². The van der Waals surface area contributed by atoms with Crippen molar-refractivity contribution in [2.45, 2.75) is 6.18 Å². The molecule has 0 radical (unpaired) electrons. The van der Waals surface area contributed by atoms with E-state index < -0.39 is 39.4 Å². The molecular formula is C22H14F3N5O2S. The molecule has 5 rings (SSSR count). The van der Waals surface area contributed by atoms with Gasteiger partial charge in [-0.05, 0) is 30.3 Å². The molecule has 0 unspecified atom stereocenters. The van der Waals surface area contributed by atoms with Crippen molar-refractivity contribution in [3.63, 3.8) is 0 Å². The van der Waals surface area contributed by atoms with Gasteiger partial charge < -0.3 is 16.0 Å². The summed E-state index contributed by atoms with van der Waals surface area (Å²) in [6, 6.07) is 16.0. The molecule has 2 aromatic carbocycles. The van der Waals surface area contributed by atoms with Crippen LogP contribution in [-0.2, 0) is 6.18 Å². The van der Waals surface area contributed by atoms with Gasteiger partial charge in [-0.1, -0.05) is 24.3 Å². The Morgan fingerprint density at radius 2 is 1.76 bits per heavy atom. The molecule has 0 fully saturated rings. The van der Waals surface area contributed by atoms with Crippen molar-refractivity contribution in [3.05, 3.63) is 81.6 Å². The van der Waals surface area contributed by atoms with Crippen molar-refractivity contribution < 1.29 is 18.0 Å². The fourth-order valence-corrected chi connectivity index (χ4v) is 4.86. The molecule has 166 valence electrons. The number of rotatable bonds is 3. The zero-order valence-corrected chi connectivity index (χ0v) is 17.4. The second-order valence-electron chi connectivity index (χ2n) is 7.22. The van der Waals surface area contributed by atoms with Crippen LogP contribution in [0, 0.1) is 0 Å². The van der Waals surface area contributed by atoms with Gasteiger partial charge in [0.15, 0.2) is 5.82 Å². The summed E-state index contributed by atoms with van der Waals surface area (Å²) in [5, 5.41) is 0.813. The van der Waals surface area contributed by atoms with Crippen molar-refractivity contribution in [3.8, 4) is 11.4 Å². The van der Waals surface area contributed by atoms with Gasteiger partial charge in [-0.3, -0.25) is 14.2 Å². The first-order valence-corrected chi connectivity index (χ1v) is 10.4. The van der Waals surface area contributed by atoms with E-state index in [2.05, 4.69) is 4.98 Å². The first-order chi connectivity index (χ1) is 15.7. The number of amides is 1. The molecule has 0 aliphatic heterocycles. The summed E-state index contributed by atoms with van der Waals surface area (Å²) < 4.78 is 44.7. The number of hydrogen-bond donors (Lipinski definition) is 2. The van der Waals surface area contributed by atoms with Gasteiger partial charge in [0, 0.05) is 17.3 Å². The lowest BCUT2D eigenvalue weighted by Crippen LogP contribution is -2.25. The summed E-state index contributed by atoms with van der Waals surface area (Å²) in [6.07, 6.45) is -3.14. The van der Waals surface area contributed by atoms with E-state index in [0.29, 0.717) is 16.9 Å². The number of para-hydroxylation sites is 1. The van der Waals surface area contributed by atoms with E-state index in [1.807, 2.05) is 47.2 Å². The molecule has 11 heteroatoms. The van der Waals surface area contributed by atoms with Crippen LogP contribution in [0.1, 0.15) is 15.2 Å². The van der Waals surface area contributed by atoms with Crippen LogP contribution in [-0.4, -0.2) is 20.0 Å². The maximum Gasteiger partial charge on any atom is 0.420 e. The van der Waals surface area contributed by atoms with Crippen LogP contribution < -0.4 is 17.0 Å². The summed E-state index contributed by atoms with van der Waals surface area (Å²) >= 11 is 0.445. The van der Waals surface area contributed by atoms with E-state index in [-0.39, 0.29) is 10.5 Å². The maximum absolute atomic E-state index is 14.0. The Morgan fingerprint density at radius 1 is 1.03 bits per heavy atom. The Morgan fingerprint density at radius 3 is 2.42 bits per heavy atom. The Hall–Kier alpha value is -4.12.